The van der Waals surface area contributed by atoms with Gasteiger partial charge in [-0.15, -0.1) is 0 Å². The summed E-state index contributed by atoms with van der Waals surface area (Å²) in [6.45, 7) is 5.36. The molecule has 1 aromatic heterocycles. The van der Waals surface area contributed by atoms with Gasteiger partial charge in [-0.2, -0.15) is 0 Å². The second kappa shape index (κ2) is 11.4. The Labute approximate surface area is 182 Å². The highest BCUT2D eigenvalue weighted by atomic mass is 16.5. The van der Waals surface area contributed by atoms with Gasteiger partial charge in [0.2, 0.25) is 0 Å². The SMILES string of the molecule is CCNC(=O)c1cc(C(=O)NCCC[C@@H]2CNCCO2)cn(Cc2ccccc2)c1=O. The van der Waals surface area contributed by atoms with Crippen molar-refractivity contribution in [3.05, 3.63) is 69.6 Å². The van der Waals surface area contributed by atoms with Crippen molar-refractivity contribution in [1.29, 1.82) is 0 Å². The first-order chi connectivity index (χ1) is 15.1. The lowest BCUT2D eigenvalue weighted by Gasteiger charge is -2.23. The van der Waals surface area contributed by atoms with Crippen molar-refractivity contribution in [3.8, 4) is 0 Å². The Bertz CT molecular complexity index is 936. The van der Waals surface area contributed by atoms with Gasteiger partial charge in [0.25, 0.3) is 17.4 Å². The minimum Gasteiger partial charge on any atom is -0.376 e. The molecule has 3 rings (SSSR count). The predicted octanol–water partition coefficient (Wildman–Crippen LogP) is 1.14. The molecule has 0 saturated carbocycles. The minimum atomic E-state index is -0.481. The van der Waals surface area contributed by atoms with E-state index in [4.69, 9.17) is 4.74 Å². The van der Waals surface area contributed by atoms with Crippen LogP contribution in [0, 0.1) is 0 Å². The maximum absolute atomic E-state index is 12.9. The zero-order valence-corrected chi connectivity index (χ0v) is 17.9. The summed E-state index contributed by atoms with van der Waals surface area (Å²) in [7, 11) is 0. The molecule has 0 spiro atoms. The molecule has 2 amide bonds. The molecule has 166 valence electrons. The van der Waals surface area contributed by atoms with E-state index in [0.717, 1.165) is 31.5 Å². The highest BCUT2D eigenvalue weighted by molar-refractivity contribution is 5.99. The number of aromatic nitrogens is 1. The van der Waals surface area contributed by atoms with E-state index in [9.17, 15) is 14.4 Å². The summed E-state index contributed by atoms with van der Waals surface area (Å²) < 4.78 is 7.08. The Hall–Kier alpha value is -2.97. The third-order valence-electron chi connectivity index (χ3n) is 5.12. The molecular weight excluding hydrogens is 396 g/mol. The molecule has 8 heteroatoms. The van der Waals surface area contributed by atoms with E-state index in [2.05, 4.69) is 16.0 Å². The van der Waals surface area contributed by atoms with Gasteiger partial charge in [0, 0.05) is 32.4 Å². The molecule has 2 heterocycles. The van der Waals surface area contributed by atoms with Crippen molar-refractivity contribution in [1.82, 2.24) is 20.5 Å². The van der Waals surface area contributed by atoms with Crippen LogP contribution in [0.5, 0.6) is 0 Å². The highest BCUT2D eigenvalue weighted by Gasteiger charge is 2.18. The fourth-order valence-electron chi connectivity index (χ4n) is 3.51. The van der Waals surface area contributed by atoms with E-state index >= 15 is 0 Å². The minimum absolute atomic E-state index is 0.0351. The van der Waals surface area contributed by atoms with Crippen LogP contribution < -0.4 is 21.5 Å². The number of nitrogens with one attached hydrogen (secondary N) is 3. The number of hydrogen-bond acceptors (Lipinski definition) is 5. The summed E-state index contributed by atoms with van der Waals surface area (Å²) in [6.07, 6.45) is 3.32. The molecule has 1 aliphatic rings. The van der Waals surface area contributed by atoms with Gasteiger partial charge in [-0.3, -0.25) is 14.4 Å². The van der Waals surface area contributed by atoms with Crippen molar-refractivity contribution in [2.75, 3.05) is 32.8 Å². The third-order valence-corrected chi connectivity index (χ3v) is 5.12. The quantitative estimate of drug-likeness (QED) is 0.522. The van der Waals surface area contributed by atoms with Crippen molar-refractivity contribution >= 4 is 11.8 Å². The molecule has 0 bridgehead atoms. The average molecular weight is 427 g/mol. The molecular formula is C23H30N4O4. The number of hydrogen-bond donors (Lipinski definition) is 3. The summed E-state index contributed by atoms with van der Waals surface area (Å²) in [5.41, 5.74) is 0.734. The molecule has 1 aliphatic heterocycles. The van der Waals surface area contributed by atoms with E-state index in [1.165, 1.54) is 16.8 Å². The van der Waals surface area contributed by atoms with Crippen molar-refractivity contribution in [3.63, 3.8) is 0 Å². The molecule has 2 aromatic rings. The van der Waals surface area contributed by atoms with Crippen LogP contribution in [0.25, 0.3) is 0 Å². The third kappa shape index (κ3) is 6.50. The maximum Gasteiger partial charge on any atom is 0.263 e. The molecule has 0 unspecified atom stereocenters. The Kier molecular flexibility index (Phi) is 8.37. The first-order valence-corrected chi connectivity index (χ1v) is 10.8. The van der Waals surface area contributed by atoms with Gasteiger partial charge in [-0.1, -0.05) is 30.3 Å². The van der Waals surface area contributed by atoms with Crippen molar-refractivity contribution in [2.24, 2.45) is 0 Å². The number of carbonyl (C=O) groups is 2. The Morgan fingerprint density at radius 1 is 1.19 bits per heavy atom. The highest BCUT2D eigenvalue weighted by Crippen LogP contribution is 2.07. The number of morpholine rings is 1. The molecule has 3 N–H and O–H groups in total. The van der Waals surface area contributed by atoms with Crippen molar-refractivity contribution in [2.45, 2.75) is 32.4 Å². The van der Waals surface area contributed by atoms with Gasteiger partial charge in [0.05, 0.1) is 24.8 Å². The standard InChI is InChI=1S/C23H30N4O4/c1-2-25-22(29)20-13-18(16-27(23(20)30)15-17-7-4-3-5-8-17)21(28)26-10-6-9-19-14-24-11-12-31-19/h3-5,7-8,13,16,19,24H,2,6,9-12,14-15H2,1H3,(H,25,29)(H,26,28)/t19-/m1/s1. The fourth-order valence-corrected chi connectivity index (χ4v) is 3.51. The topological polar surface area (TPSA) is 101 Å². The zero-order chi connectivity index (χ0) is 22.1. The fraction of sp³-hybridized carbons (Fsp3) is 0.435. The first-order valence-electron chi connectivity index (χ1n) is 10.8. The Morgan fingerprint density at radius 3 is 2.71 bits per heavy atom. The van der Waals surface area contributed by atoms with E-state index in [1.54, 1.807) is 6.92 Å². The van der Waals surface area contributed by atoms with Gasteiger partial charge < -0.3 is 25.3 Å². The second-order valence-electron chi connectivity index (χ2n) is 7.52. The average Bonchev–Trinajstić information content (AvgIpc) is 2.79. The second-order valence-corrected chi connectivity index (χ2v) is 7.52. The van der Waals surface area contributed by atoms with Crippen LogP contribution in [0.2, 0.25) is 0 Å². The maximum atomic E-state index is 12.9. The summed E-state index contributed by atoms with van der Waals surface area (Å²) in [4.78, 5) is 38.0. The summed E-state index contributed by atoms with van der Waals surface area (Å²) >= 11 is 0. The Balaban J connectivity index is 1.72. The smallest absolute Gasteiger partial charge is 0.263 e. The van der Waals surface area contributed by atoms with Crippen LogP contribution in [0.15, 0.2) is 47.4 Å². The molecule has 8 nitrogen and oxygen atoms in total. The van der Waals surface area contributed by atoms with Gasteiger partial charge in [0.15, 0.2) is 0 Å². The van der Waals surface area contributed by atoms with Crippen LogP contribution in [0.4, 0.5) is 0 Å². The molecule has 1 atom stereocenters. The van der Waals surface area contributed by atoms with Gasteiger partial charge in [0.1, 0.15) is 5.56 Å². The van der Waals surface area contributed by atoms with E-state index in [1.807, 2.05) is 30.3 Å². The normalized spacial score (nSPS) is 16.0. The van der Waals surface area contributed by atoms with E-state index in [-0.39, 0.29) is 29.7 Å². The van der Waals surface area contributed by atoms with Crippen molar-refractivity contribution < 1.29 is 14.3 Å². The van der Waals surface area contributed by atoms with Gasteiger partial charge in [-0.05, 0) is 31.4 Å². The number of carbonyl (C=O) groups excluding carboxylic acids is 2. The predicted molar refractivity (Wildman–Crippen MR) is 118 cm³/mol. The van der Waals surface area contributed by atoms with Crippen LogP contribution in [-0.2, 0) is 11.3 Å². The van der Waals surface area contributed by atoms with Gasteiger partial charge >= 0.3 is 0 Å². The molecule has 1 fully saturated rings. The zero-order valence-electron chi connectivity index (χ0n) is 17.9. The number of ether oxygens (including phenoxy) is 1. The van der Waals surface area contributed by atoms with E-state index in [0.29, 0.717) is 19.7 Å². The number of benzene rings is 1. The number of pyridine rings is 1. The number of nitrogens with zero attached hydrogens (tertiary/aromatic N) is 1. The number of amides is 2. The lowest BCUT2D eigenvalue weighted by Crippen LogP contribution is -2.39. The summed E-state index contributed by atoms with van der Waals surface area (Å²) in [5, 5.41) is 8.82. The van der Waals surface area contributed by atoms with Gasteiger partial charge in [-0.25, -0.2) is 0 Å². The molecule has 0 aliphatic carbocycles. The number of rotatable bonds is 9. The van der Waals surface area contributed by atoms with E-state index < -0.39 is 11.5 Å². The summed E-state index contributed by atoms with van der Waals surface area (Å²) in [5.74, 6) is -0.791. The van der Waals surface area contributed by atoms with Crippen LogP contribution in [0.1, 0.15) is 46.0 Å². The van der Waals surface area contributed by atoms with Crippen LogP contribution in [-0.4, -0.2) is 55.3 Å². The lowest BCUT2D eigenvalue weighted by molar-refractivity contribution is 0.0225. The monoisotopic (exact) mass is 426 g/mol. The largest absolute Gasteiger partial charge is 0.376 e. The molecule has 1 saturated heterocycles. The Morgan fingerprint density at radius 2 is 2.00 bits per heavy atom. The summed E-state index contributed by atoms with van der Waals surface area (Å²) in [6, 6.07) is 10.8. The first kappa shape index (κ1) is 22.7. The van der Waals surface area contributed by atoms with Crippen LogP contribution in [0.3, 0.4) is 0 Å². The molecule has 0 radical (unpaired) electrons. The molecule has 1 aromatic carbocycles. The molecule has 31 heavy (non-hydrogen) atoms. The van der Waals surface area contributed by atoms with Crippen LogP contribution >= 0.6 is 0 Å². The lowest BCUT2D eigenvalue weighted by atomic mass is 10.1.